The van der Waals surface area contributed by atoms with Gasteiger partial charge in [-0.05, 0) is 49.1 Å². The van der Waals surface area contributed by atoms with E-state index in [0.29, 0.717) is 0 Å². The molecule has 3 aliphatic rings. The van der Waals surface area contributed by atoms with Gasteiger partial charge in [-0.2, -0.15) is 0 Å². The zero-order chi connectivity index (χ0) is 15.5. The van der Waals surface area contributed by atoms with E-state index in [1.54, 1.807) is 0 Å². The van der Waals surface area contributed by atoms with Gasteiger partial charge in [0.25, 0.3) is 0 Å². The Bertz CT molecular complexity index is 760. The first-order valence-corrected chi connectivity index (χ1v) is 8.90. The Labute approximate surface area is 141 Å². The van der Waals surface area contributed by atoms with Crippen LogP contribution in [0.15, 0.2) is 74.9 Å². The van der Waals surface area contributed by atoms with Crippen LogP contribution in [0.2, 0.25) is 0 Å². The average Bonchev–Trinajstić information content (AvgIpc) is 2.76. The molecule has 0 atom stereocenters. The number of dihydropyridines is 1. The van der Waals surface area contributed by atoms with Crippen LogP contribution >= 0.6 is 11.8 Å². The van der Waals surface area contributed by atoms with Gasteiger partial charge in [-0.3, -0.25) is 9.98 Å². The Morgan fingerprint density at radius 3 is 3.13 bits per heavy atom. The van der Waals surface area contributed by atoms with Gasteiger partial charge in [0.1, 0.15) is 0 Å². The molecule has 0 bridgehead atoms. The highest BCUT2D eigenvalue weighted by molar-refractivity contribution is 8.08. The molecule has 23 heavy (non-hydrogen) atoms. The van der Waals surface area contributed by atoms with Gasteiger partial charge in [-0.25, -0.2) is 0 Å². The molecule has 4 heterocycles. The lowest BCUT2D eigenvalue weighted by Gasteiger charge is -2.22. The van der Waals surface area contributed by atoms with E-state index in [2.05, 4.69) is 34.6 Å². The number of hydrogen-bond acceptors (Lipinski definition) is 4. The molecule has 4 rings (SSSR count). The predicted octanol–water partition coefficient (Wildman–Crippen LogP) is 3.10. The maximum Gasteiger partial charge on any atom is 0.189 e. The number of hydrogen-bond donors (Lipinski definition) is 1. The second kappa shape index (κ2) is 6.63. The number of aliphatic imine (C=N–C) groups is 1. The molecule has 3 nitrogen and oxygen atoms in total. The van der Waals surface area contributed by atoms with Crippen molar-refractivity contribution in [1.82, 2.24) is 10.3 Å². The van der Waals surface area contributed by atoms with E-state index in [0.717, 1.165) is 38.7 Å². The SMILES string of the molecule is B(Cc1ccccn1)C1=NC2=C1SC(C1=CC=CNC1)=CCC2. The maximum absolute atomic E-state index is 4.76. The Morgan fingerprint density at radius 1 is 1.30 bits per heavy atom. The number of pyridine rings is 1. The zero-order valence-corrected chi connectivity index (χ0v) is 13.8. The second-order valence-corrected chi connectivity index (χ2v) is 6.85. The minimum atomic E-state index is 0.915. The largest absolute Gasteiger partial charge is 0.387 e. The molecule has 1 aromatic heterocycles. The molecule has 0 aliphatic carbocycles. The molecule has 0 radical (unpaired) electrons. The van der Waals surface area contributed by atoms with Crippen molar-refractivity contribution in [2.24, 2.45) is 4.99 Å². The van der Waals surface area contributed by atoms with Crippen molar-refractivity contribution in [1.29, 1.82) is 0 Å². The van der Waals surface area contributed by atoms with Crippen LogP contribution in [0.4, 0.5) is 0 Å². The number of nitrogens with zero attached hydrogens (tertiary/aromatic N) is 2. The summed E-state index contributed by atoms with van der Waals surface area (Å²) in [6.07, 6.45) is 13.6. The fourth-order valence-corrected chi connectivity index (χ4v) is 4.17. The molecule has 0 saturated heterocycles. The summed E-state index contributed by atoms with van der Waals surface area (Å²) in [6.45, 7) is 0.915. The van der Waals surface area contributed by atoms with E-state index < -0.39 is 0 Å². The summed E-state index contributed by atoms with van der Waals surface area (Å²) in [5.41, 5.74) is 5.06. The van der Waals surface area contributed by atoms with Gasteiger partial charge in [-0.15, -0.1) is 0 Å². The molecule has 0 amide bonds. The van der Waals surface area contributed by atoms with Crippen molar-refractivity contribution in [3.63, 3.8) is 0 Å². The van der Waals surface area contributed by atoms with Crippen molar-refractivity contribution < 1.29 is 0 Å². The summed E-state index contributed by atoms with van der Waals surface area (Å²) in [7, 11) is 0.979. The molecule has 0 saturated carbocycles. The average molecular weight is 319 g/mol. The number of nitrogens with one attached hydrogen (secondary N) is 1. The topological polar surface area (TPSA) is 37.3 Å². The number of thioether (sulfide) groups is 1. The molecule has 1 N–H and O–H groups in total. The van der Waals surface area contributed by atoms with E-state index >= 15 is 0 Å². The highest BCUT2D eigenvalue weighted by Gasteiger charge is 2.26. The maximum atomic E-state index is 4.76. The van der Waals surface area contributed by atoms with Crippen LogP contribution in [-0.2, 0) is 6.32 Å². The van der Waals surface area contributed by atoms with Crippen molar-refractivity contribution in [3.8, 4) is 0 Å². The molecule has 0 fully saturated rings. The van der Waals surface area contributed by atoms with Crippen molar-refractivity contribution in [3.05, 3.63) is 75.6 Å². The molecule has 0 spiro atoms. The number of allylic oxidation sites excluding steroid dienone is 5. The second-order valence-electron chi connectivity index (χ2n) is 5.80. The Balaban J connectivity index is 1.43. The third kappa shape index (κ3) is 3.20. The van der Waals surface area contributed by atoms with Crippen LogP contribution < -0.4 is 5.32 Å². The predicted molar refractivity (Wildman–Crippen MR) is 99.7 cm³/mol. The fraction of sp³-hybridized carbons (Fsp3) is 0.222. The van der Waals surface area contributed by atoms with E-state index in [1.807, 2.05) is 36.3 Å². The minimum Gasteiger partial charge on any atom is -0.387 e. The quantitative estimate of drug-likeness (QED) is 0.867. The molecule has 5 heteroatoms. The highest BCUT2D eigenvalue weighted by Crippen LogP contribution is 2.42. The van der Waals surface area contributed by atoms with E-state index in [9.17, 15) is 0 Å². The third-order valence-corrected chi connectivity index (χ3v) is 5.51. The summed E-state index contributed by atoms with van der Waals surface area (Å²) < 4.78 is 0. The summed E-state index contributed by atoms with van der Waals surface area (Å²) in [4.78, 5) is 12.0. The first-order chi connectivity index (χ1) is 11.4. The van der Waals surface area contributed by atoms with Gasteiger partial charge >= 0.3 is 0 Å². The lowest BCUT2D eigenvalue weighted by atomic mass is 9.66. The zero-order valence-electron chi connectivity index (χ0n) is 13.0. The first-order valence-electron chi connectivity index (χ1n) is 8.08. The van der Waals surface area contributed by atoms with E-state index in [-0.39, 0.29) is 0 Å². The van der Waals surface area contributed by atoms with Crippen LogP contribution in [0.5, 0.6) is 0 Å². The summed E-state index contributed by atoms with van der Waals surface area (Å²) in [6, 6.07) is 6.10. The molecule has 1 aromatic rings. The van der Waals surface area contributed by atoms with Gasteiger partial charge in [0.2, 0.25) is 0 Å². The van der Waals surface area contributed by atoms with Gasteiger partial charge in [0.15, 0.2) is 7.28 Å². The lowest BCUT2D eigenvalue weighted by Crippen LogP contribution is -2.22. The Hall–Kier alpha value is -2.01. The fourth-order valence-electron chi connectivity index (χ4n) is 2.94. The van der Waals surface area contributed by atoms with Crippen molar-refractivity contribution in [2.45, 2.75) is 19.2 Å². The Kier molecular flexibility index (Phi) is 4.20. The van der Waals surface area contributed by atoms with Crippen molar-refractivity contribution in [2.75, 3.05) is 6.54 Å². The molecular formula is C18H18BN3S. The van der Waals surface area contributed by atoms with Crippen LogP contribution in [0.1, 0.15) is 18.5 Å². The molecule has 114 valence electrons. The molecule has 0 aromatic carbocycles. The summed E-state index contributed by atoms with van der Waals surface area (Å²) in [5, 5.41) is 3.30. The lowest BCUT2D eigenvalue weighted by molar-refractivity contribution is 0.926. The standard InChI is InChI=1S/C18H18BN3S/c1-2-10-21-14(6-1)11-19-18-17-15(22-18)7-3-8-16(23-17)13-5-4-9-20-12-13/h1-2,4-6,8-10,19-20H,3,7,11-12H2. The molecule has 3 aliphatic heterocycles. The van der Waals surface area contributed by atoms with Gasteiger partial charge < -0.3 is 5.32 Å². The summed E-state index contributed by atoms with van der Waals surface area (Å²) >= 11 is 1.90. The normalized spacial score (nSPS) is 19.6. The molecular weight excluding hydrogens is 301 g/mol. The van der Waals surface area contributed by atoms with Crippen LogP contribution in [0.25, 0.3) is 0 Å². The van der Waals surface area contributed by atoms with E-state index in [1.165, 1.54) is 26.7 Å². The van der Waals surface area contributed by atoms with Crippen LogP contribution in [0.3, 0.4) is 0 Å². The third-order valence-electron chi connectivity index (χ3n) is 4.18. The van der Waals surface area contributed by atoms with Gasteiger partial charge in [0, 0.05) is 33.9 Å². The smallest absolute Gasteiger partial charge is 0.189 e. The van der Waals surface area contributed by atoms with Crippen LogP contribution in [0, 0.1) is 0 Å². The van der Waals surface area contributed by atoms with Gasteiger partial charge in [-0.1, -0.05) is 30.0 Å². The minimum absolute atomic E-state index is 0.915. The van der Waals surface area contributed by atoms with Crippen molar-refractivity contribution >= 4 is 24.7 Å². The number of rotatable bonds is 4. The summed E-state index contributed by atoms with van der Waals surface area (Å²) in [5.74, 6) is 0. The monoisotopic (exact) mass is 319 g/mol. The van der Waals surface area contributed by atoms with Gasteiger partial charge in [0.05, 0.1) is 5.70 Å². The Morgan fingerprint density at radius 2 is 2.30 bits per heavy atom. The van der Waals surface area contributed by atoms with E-state index in [4.69, 9.17) is 4.99 Å². The highest BCUT2D eigenvalue weighted by atomic mass is 32.2. The number of aromatic nitrogens is 1. The molecule has 0 unspecified atom stereocenters. The first kappa shape index (κ1) is 14.6. The van der Waals surface area contributed by atoms with Crippen LogP contribution in [-0.4, -0.2) is 24.4 Å².